The van der Waals surface area contributed by atoms with Gasteiger partial charge in [0.1, 0.15) is 13.2 Å². The number of nitrogens with one attached hydrogen (secondary N) is 1. The van der Waals surface area contributed by atoms with Crippen molar-refractivity contribution in [2.45, 2.75) is 26.3 Å². The molecule has 7 heteroatoms. The molecule has 0 aromatic heterocycles. The minimum atomic E-state index is -0.106. The lowest BCUT2D eigenvalue weighted by Gasteiger charge is -2.36. The van der Waals surface area contributed by atoms with Gasteiger partial charge in [-0.15, -0.1) is 0 Å². The standard InChI is InChI=1S/C27H35N3O4/c1-20-5-4-6-23(17-20)30-13-11-29(12-14-30)10-9-21(2)28-26(31)8-7-22-18-24(32-3)27-25(19-22)33-15-16-34-27/h4-8,17-19,21H,9-16H2,1-3H3,(H,28,31)/b8-7+. The molecule has 2 aromatic rings. The van der Waals surface area contributed by atoms with Crippen LogP contribution in [0.15, 0.2) is 42.5 Å². The van der Waals surface area contributed by atoms with Crippen LogP contribution in [0.1, 0.15) is 24.5 Å². The minimum absolute atomic E-state index is 0.0988. The lowest BCUT2D eigenvalue weighted by Crippen LogP contribution is -2.47. The van der Waals surface area contributed by atoms with Crippen molar-refractivity contribution < 1.29 is 19.0 Å². The first-order valence-electron chi connectivity index (χ1n) is 12.0. The van der Waals surface area contributed by atoms with Crippen molar-refractivity contribution in [2.24, 2.45) is 0 Å². The van der Waals surface area contributed by atoms with E-state index in [4.69, 9.17) is 14.2 Å². The van der Waals surface area contributed by atoms with Gasteiger partial charge in [0.15, 0.2) is 11.5 Å². The Morgan fingerprint density at radius 3 is 2.71 bits per heavy atom. The number of hydrogen-bond acceptors (Lipinski definition) is 6. The van der Waals surface area contributed by atoms with Crippen LogP contribution in [0, 0.1) is 6.92 Å². The van der Waals surface area contributed by atoms with Gasteiger partial charge in [-0.05, 0) is 61.7 Å². The lowest BCUT2D eigenvalue weighted by atomic mass is 10.1. The number of piperazine rings is 1. The molecule has 1 saturated heterocycles. The first-order chi connectivity index (χ1) is 16.5. The summed E-state index contributed by atoms with van der Waals surface area (Å²) in [5, 5.41) is 3.07. The molecule has 0 aliphatic carbocycles. The minimum Gasteiger partial charge on any atom is -0.493 e. The third kappa shape index (κ3) is 6.23. The van der Waals surface area contributed by atoms with E-state index in [1.165, 1.54) is 11.3 Å². The molecule has 1 amide bonds. The molecule has 2 aliphatic rings. The Balaban J connectivity index is 1.21. The molecule has 2 aliphatic heterocycles. The van der Waals surface area contributed by atoms with Gasteiger partial charge < -0.3 is 24.4 Å². The van der Waals surface area contributed by atoms with Crippen molar-refractivity contribution in [1.29, 1.82) is 0 Å². The number of nitrogens with zero attached hydrogens (tertiary/aromatic N) is 2. The van der Waals surface area contributed by atoms with E-state index < -0.39 is 0 Å². The molecule has 0 radical (unpaired) electrons. The number of anilines is 1. The number of carbonyl (C=O) groups excluding carboxylic acids is 1. The first-order valence-corrected chi connectivity index (χ1v) is 12.0. The molecule has 2 heterocycles. The summed E-state index contributed by atoms with van der Waals surface area (Å²) >= 11 is 0. The summed E-state index contributed by atoms with van der Waals surface area (Å²) in [6.07, 6.45) is 4.25. The molecule has 1 unspecified atom stereocenters. The van der Waals surface area contributed by atoms with E-state index in [0.717, 1.165) is 44.7 Å². The highest BCUT2D eigenvalue weighted by Crippen LogP contribution is 2.40. The number of fused-ring (bicyclic) bond motifs is 1. The van der Waals surface area contributed by atoms with Gasteiger partial charge in [-0.1, -0.05) is 12.1 Å². The van der Waals surface area contributed by atoms with Gasteiger partial charge >= 0.3 is 0 Å². The molecule has 182 valence electrons. The summed E-state index contributed by atoms with van der Waals surface area (Å²) in [6.45, 7) is 10.3. The molecule has 34 heavy (non-hydrogen) atoms. The molecule has 0 spiro atoms. The Kier molecular flexibility index (Phi) is 7.95. The number of methoxy groups -OCH3 is 1. The van der Waals surface area contributed by atoms with E-state index in [-0.39, 0.29) is 11.9 Å². The summed E-state index contributed by atoms with van der Waals surface area (Å²) in [5.41, 5.74) is 3.43. The van der Waals surface area contributed by atoms with Crippen LogP contribution < -0.4 is 24.4 Å². The summed E-state index contributed by atoms with van der Waals surface area (Å²) in [6, 6.07) is 12.5. The number of rotatable bonds is 8. The predicted molar refractivity (Wildman–Crippen MR) is 135 cm³/mol. The number of carbonyl (C=O) groups is 1. The van der Waals surface area contributed by atoms with Gasteiger partial charge in [0.25, 0.3) is 0 Å². The van der Waals surface area contributed by atoms with Crippen LogP contribution in [0.2, 0.25) is 0 Å². The maximum Gasteiger partial charge on any atom is 0.244 e. The van der Waals surface area contributed by atoms with E-state index >= 15 is 0 Å². The molecule has 4 rings (SSSR count). The first kappa shape index (κ1) is 24.0. The average molecular weight is 466 g/mol. The topological polar surface area (TPSA) is 63.3 Å². The van der Waals surface area contributed by atoms with Crippen LogP contribution in [0.25, 0.3) is 6.08 Å². The molecular formula is C27H35N3O4. The Hall–Kier alpha value is -3.19. The second kappa shape index (κ2) is 11.3. The van der Waals surface area contributed by atoms with Crippen LogP contribution in [0.4, 0.5) is 5.69 Å². The second-order valence-electron chi connectivity index (χ2n) is 8.95. The van der Waals surface area contributed by atoms with E-state index in [1.54, 1.807) is 19.3 Å². The van der Waals surface area contributed by atoms with Crippen molar-refractivity contribution in [3.63, 3.8) is 0 Å². The van der Waals surface area contributed by atoms with E-state index in [0.29, 0.717) is 30.5 Å². The van der Waals surface area contributed by atoms with Crippen LogP contribution in [0.3, 0.4) is 0 Å². The third-order valence-electron chi connectivity index (χ3n) is 6.28. The Morgan fingerprint density at radius 1 is 1.15 bits per heavy atom. The molecule has 0 bridgehead atoms. The maximum absolute atomic E-state index is 12.4. The summed E-state index contributed by atoms with van der Waals surface area (Å²) in [7, 11) is 1.60. The molecule has 2 aromatic carbocycles. The molecule has 1 fully saturated rings. The lowest BCUT2D eigenvalue weighted by molar-refractivity contribution is -0.117. The van der Waals surface area contributed by atoms with Crippen molar-refractivity contribution in [1.82, 2.24) is 10.2 Å². The fourth-order valence-electron chi connectivity index (χ4n) is 4.36. The smallest absolute Gasteiger partial charge is 0.244 e. The molecule has 0 saturated carbocycles. The van der Waals surface area contributed by atoms with Crippen molar-refractivity contribution in [2.75, 3.05) is 57.9 Å². The normalized spacial score (nSPS) is 17.0. The molecule has 1 atom stereocenters. The van der Waals surface area contributed by atoms with Crippen molar-refractivity contribution >= 4 is 17.7 Å². The zero-order chi connectivity index (χ0) is 23.9. The fraction of sp³-hybridized carbons (Fsp3) is 0.444. The zero-order valence-corrected chi connectivity index (χ0v) is 20.4. The fourth-order valence-corrected chi connectivity index (χ4v) is 4.36. The third-order valence-corrected chi connectivity index (χ3v) is 6.28. The van der Waals surface area contributed by atoms with Gasteiger partial charge in [-0.25, -0.2) is 0 Å². The van der Waals surface area contributed by atoms with Crippen LogP contribution >= 0.6 is 0 Å². The van der Waals surface area contributed by atoms with E-state index in [1.807, 2.05) is 12.1 Å². The Bertz CT molecular complexity index is 998. The highest BCUT2D eigenvalue weighted by Gasteiger charge is 2.19. The van der Waals surface area contributed by atoms with Gasteiger partial charge in [0.05, 0.1) is 7.11 Å². The molecule has 7 nitrogen and oxygen atoms in total. The van der Waals surface area contributed by atoms with Crippen LogP contribution in [0.5, 0.6) is 17.2 Å². The van der Waals surface area contributed by atoms with Crippen LogP contribution in [-0.4, -0.2) is 69.9 Å². The number of ether oxygens (including phenoxy) is 3. The summed E-state index contributed by atoms with van der Waals surface area (Å²) in [4.78, 5) is 17.4. The quantitative estimate of drug-likeness (QED) is 0.602. The number of amides is 1. The zero-order valence-electron chi connectivity index (χ0n) is 20.4. The van der Waals surface area contributed by atoms with Gasteiger partial charge in [0, 0.05) is 50.5 Å². The largest absolute Gasteiger partial charge is 0.493 e. The Labute approximate surface area is 202 Å². The van der Waals surface area contributed by atoms with Crippen LogP contribution in [-0.2, 0) is 4.79 Å². The number of benzene rings is 2. The monoisotopic (exact) mass is 465 g/mol. The predicted octanol–water partition coefficient (Wildman–Crippen LogP) is 3.51. The average Bonchev–Trinajstić information content (AvgIpc) is 2.86. The number of aryl methyl sites for hydroxylation is 1. The molecular weight excluding hydrogens is 430 g/mol. The molecule has 1 N–H and O–H groups in total. The SMILES string of the molecule is COc1cc(/C=C/C(=O)NC(C)CCN2CCN(c3cccc(C)c3)CC2)cc2c1OCCO2. The summed E-state index contributed by atoms with van der Waals surface area (Å²) < 4.78 is 16.7. The van der Waals surface area contributed by atoms with Gasteiger partial charge in [-0.2, -0.15) is 0 Å². The Morgan fingerprint density at radius 2 is 1.94 bits per heavy atom. The van der Waals surface area contributed by atoms with Crippen molar-refractivity contribution in [3.05, 3.63) is 53.6 Å². The highest BCUT2D eigenvalue weighted by molar-refractivity contribution is 5.92. The highest BCUT2D eigenvalue weighted by atomic mass is 16.6. The second-order valence-corrected chi connectivity index (χ2v) is 8.95. The van der Waals surface area contributed by atoms with Gasteiger partial charge in [-0.3, -0.25) is 9.69 Å². The maximum atomic E-state index is 12.4. The van der Waals surface area contributed by atoms with Gasteiger partial charge in [0.2, 0.25) is 11.7 Å². The van der Waals surface area contributed by atoms with E-state index in [9.17, 15) is 4.79 Å². The van der Waals surface area contributed by atoms with E-state index in [2.05, 4.69) is 53.2 Å². The number of hydrogen-bond donors (Lipinski definition) is 1. The van der Waals surface area contributed by atoms with Crippen molar-refractivity contribution in [3.8, 4) is 17.2 Å². The summed E-state index contributed by atoms with van der Waals surface area (Å²) in [5.74, 6) is 1.75.